The van der Waals surface area contributed by atoms with Gasteiger partial charge in [0.25, 0.3) is 0 Å². The Labute approximate surface area is 120 Å². The highest BCUT2D eigenvalue weighted by Crippen LogP contribution is 2.12. The lowest BCUT2D eigenvalue weighted by atomic mass is 10.2. The number of phenols is 1. The fourth-order valence-electron chi connectivity index (χ4n) is 1.38. The van der Waals surface area contributed by atoms with Crippen molar-refractivity contribution in [2.75, 3.05) is 0 Å². The predicted octanol–water partition coefficient (Wildman–Crippen LogP) is 0.971. The summed E-state index contributed by atoms with van der Waals surface area (Å²) in [6.45, 7) is 0. The molecule has 0 atom stereocenters. The van der Waals surface area contributed by atoms with Gasteiger partial charge in [-0.2, -0.15) is 13.5 Å². The molecule has 2 aromatic rings. The quantitative estimate of drug-likeness (QED) is 0.333. The Kier molecular flexibility index (Phi) is 4.05. The molecule has 0 amide bonds. The molecule has 0 saturated carbocycles. The van der Waals surface area contributed by atoms with E-state index in [9.17, 15) is 8.42 Å². The summed E-state index contributed by atoms with van der Waals surface area (Å²) in [5.41, 5.74) is 6.23. The van der Waals surface area contributed by atoms with Gasteiger partial charge in [-0.25, -0.2) is 0 Å². The van der Waals surface area contributed by atoms with Gasteiger partial charge in [-0.05, 0) is 36.4 Å². The Morgan fingerprint density at radius 3 is 2.43 bits per heavy atom. The first-order chi connectivity index (χ1) is 9.86. The van der Waals surface area contributed by atoms with Gasteiger partial charge >= 0.3 is 10.1 Å². The van der Waals surface area contributed by atoms with Crippen molar-refractivity contribution in [1.29, 1.82) is 0 Å². The molecule has 1 aromatic heterocycles. The zero-order valence-corrected chi connectivity index (χ0v) is 11.4. The van der Waals surface area contributed by atoms with Crippen LogP contribution in [0.5, 0.6) is 5.75 Å². The minimum atomic E-state index is -4.38. The molecule has 0 radical (unpaired) electrons. The highest BCUT2D eigenvalue weighted by molar-refractivity contribution is 7.85. The Balaban J connectivity index is 2.12. The Bertz CT molecular complexity index is 791. The van der Waals surface area contributed by atoms with E-state index in [-0.39, 0.29) is 17.3 Å². The van der Waals surface area contributed by atoms with Crippen LogP contribution in [0.2, 0.25) is 0 Å². The third-order valence-electron chi connectivity index (χ3n) is 2.37. The molecule has 2 rings (SSSR count). The van der Waals surface area contributed by atoms with Crippen molar-refractivity contribution in [2.45, 2.75) is 5.09 Å². The number of hydrogen-bond acceptors (Lipinski definition) is 6. The number of furan rings is 1. The molecule has 0 unspecified atom stereocenters. The minimum Gasteiger partial charge on any atom is -0.508 e. The van der Waals surface area contributed by atoms with E-state index in [0.717, 1.165) is 12.3 Å². The van der Waals surface area contributed by atoms with Crippen molar-refractivity contribution in [2.24, 2.45) is 15.9 Å². The molecule has 8 nitrogen and oxygen atoms in total. The largest absolute Gasteiger partial charge is 0.508 e. The Hall–Kier alpha value is -2.65. The molecule has 1 heterocycles. The smallest absolute Gasteiger partial charge is 0.328 e. The summed E-state index contributed by atoms with van der Waals surface area (Å²) in [5.74, 6) is 0.293. The number of rotatable bonds is 4. The van der Waals surface area contributed by atoms with Crippen LogP contribution in [0.15, 0.2) is 56.1 Å². The molecular weight excluding hydrogens is 298 g/mol. The number of amidine groups is 1. The molecule has 0 bridgehead atoms. The van der Waals surface area contributed by atoms with Gasteiger partial charge in [0, 0.05) is 5.56 Å². The van der Waals surface area contributed by atoms with Crippen molar-refractivity contribution in [3.05, 3.63) is 47.7 Å². The SMILES string of the molecule is N/C(=N\N=C\c1ccc(S(=O)(=O)O)o1)c1ccc(O)cc1. The summed E-state index contributed by atoms with van der Waals surface area (Å²) in [7, 11) is -4.38. The standard InChI is InChI=1S/C12H11N3O5S/c13-12(8-1-3-9(16)4-2-8)15-14-7-10-5-6-11(20-10)21(17,18)19/h1-7,16H,(H2,13,15)(H,17,18,19)/b14-7+. The van der Waals surface area contributed by atoms with Crippen LogP contribution in [-0.4, -0.2) is 30.1 Å². The van der Waals surface area contributed by atoms with Crippen LogP contribution in [-0.2, 0) is 10.1 Å². The molecule has 0 aliphatic rings. The van der Waals surface area contributed by atoms with E-state index in [1.54, 1.807) is 12.1 Å². The predicted molar refractivity (Wildman–Crippen MR) is 74.9 cm³/mol. The maximum Gasteiger partial charge on any atom is 0.328 e. The molecule has 0 aliphatic heterocycles. The highest BCUT2D eigenvalue weighted by Gasteiger charge is 2.13. The minimum absolute atomic E-state index is 0.0879. The van der Waals surface area contributed by atoms with E-state index >= 15 is 0 Å². The van der Waals surface area contributed by atoms with Gasteiger partial charge in [0.05, 0.1) is 6.21 Å². The van der Waals surface area contributed by atoms with E-state index in [0.29, 0.717) is 5.56 Å². The fraction of sp³-hybridized carbons (Fsp3) is 0. The Morgan fingerprint density at radius 1 is 1.19 bits per heavy atom. The Morgan fingerprint density at radius 2 is 1.86 bits per heavy atom. The zero-order valence-electron chi connectivity index (χ0n) is 10.5. The molecule has 9 heteroatoms. The van der Waals surface area contributed by atoms with Crippen molar-refractivity contribution in [3.8, 4) is 5.75 Å². The molecule has 1 aromatic carbocycles. The summed E-state index contributed by atoms with van der Waals surface area (Å²) < 4.78 is 35.2. The van der Waals surface area contributed by atoms with E-state index in [1.807, 2.05) is 0 Å². The monoisotopic (exact) mass is 309 g/mol. The van der Waals surface area contributed by atoms with Crippen LogP contribution in [0.1, 0.15) is 11.3 Å². The molecule has 0 aliphatic carbocycles. The van der Waals surface area contributed by atoms with Gasteiger partial charge < -0.3 is 15.3 Å². The van der Waals surface area contributed by atoms with Gasteiger partial charge in [-0.3, -0.25) is 4.55 Å². The highest BCUT2D eigenvalue weighted by atomic mass is 32.2. The van der Waals surface area contributed by atoms with Crippen LogP contribution in [0.25, 0.3) is 0 Å². The molecule has 0 saturated heterocycles. The van der Waals surface area contributed by atoms with Gasteiger partial charge in [0.1, 0.15) is 11.5 Å². The summed E-state index contributed by atoms with van der Waals surface area (Å²) in [6, 6.07) is 8.42. The van der Waals surface area contributed by atoms with Crippen molar-refractivity contribution >= 4 is 22.2 Å². The molecule has 110 valence electrons. The fourth-order valence-corrected chi connectivity index (χ4v) is 1.82. The molecule has 0 fully saturated rings. The van der Waals surface area contributed by atoms with E-state index in [2.05, 4.69) is 10.2 Å². The number of benzene rings is 1. The number of nitrogens with zero attached hydrogens (tertiary/aromatic N) is 2. The normalized spacial score (nSPS) is 12.9. The van der Waals surface area contributed by atoms with Gasteiger partial charge in [0.2, 0.25) is 5.09 Å². The maximum atomic E-state index is 10.8. The lowest BCUT2D eigenvalue weighted by Gasteiger charge is -1.97. The second-order valence-electron chi connectivity index (χ2n) is 3.91. The van der Waals surface area contributed by atoms with Gasteiger partial charge in [0.15, 0.2) is 5.84 Å². The van der Waals surface area contributed by atoms with Gasteiger partial charge in [-0.15, -0.1) is 5.10 Å². The first kappa shape index (κ1) is 14.8. The van der Waals surface area contributed by atoms with E-state index in [4.69, 9.17) is 19.8 Å². The van der Waals surface area contributed by atoms with Crippen LogP contribution >= 0.6 is 0 Å². The van der Waals surface area contributed by atoms with Crippen LogP contribution in [0, 0.1) is 0 Å². The third-order valence-corrected chi connectivity index (χ3v) is 3.10. The molecule has 0 spiro atoms. The second kappa shape index (κ2) is 5.77. The lowest BCUT2D eigenvalue weighted by Crippen LogP contribution is -2.12. The average Bonchev–Trinajstić information content (AvgIpc) is 2.88. The number of hydrogen-bond donors (Lipinski definition) is 3. The van der Waals surface area contributed by atoms with Crippen molar-refractivity contribution in [3.63, 3.8) is 0 Å². The van der Waals surface area contributed by atoms with Crippen molar-refractivity contribution in [1.82, 2.24) is 0 Å². The maximum absolute atomic E-state index is 10.8. The number of phenolic OH excluding ortho intramolecular Hbond substituents is 1. The summed E-state index contributed by atoms with van der Waals surface area (Å²) in [4.78, 5) is 0. The number of nitrogens with two attached hydrogens (primary N) is 1. The summed E-state index contributed by atoms with van der Waals surface area (Å²) >= 11 is 0. The first-order valence-corrected chi connectivity index (χ1v) is 7.03. The topological polar surface area (TPSA) is 138 Å². The third kappa shape index (κ3) is 3.91. The first-order valence-electron chi connectivity index (χ1n) is 5.59. The van der Waals surface area contributed by atoms with Gasteiger partial charge in [-0.1, -0.05) is 0 Å². The summed E-state index contributed by atoms with van der Waals surface area (Å²) in [6.07, 6.45) is 1.14. The molecule has 21 heavy (non-hydrogen) atoms. The van der Waals surface area contributed by atoms with E-state index in [1.165, 1.54) is 18.2 Å². The van der Waals surface area contributed by atoms with Crippen LogP contribution < -0.4 is 5.73 Å². The molecular formula is C12H11N3O5S. The average molecular weight is 309 g/mol. The summed E-state index contributed by atoms with van der Waals surface area (Å²) in [5, 5.41) is 15.9. The molecule has 4 N–H and O–H groups in total. The second-order valence-corrected chi connectivity index (χ2v) is 5.26. The number of aromatic hydroxyl groups is 1. The van der Waals surface area contributed by atoms with Crippen LogP contribution in [0.4, 0.5) is 0 Å². The van der Waals surface area contributed by atoms with E-state index < -0.39 is 15.2 Å². The zero-order chi connectivity index (χ0) is 15.5. The van der Waals surface area contributed by atoms with Crippen LogP contribution in [0.3, 0.4) is 0 Å². The van der Waals surface area contributed by atoms with Crippen molar-refractivity contribution < 1.29 is 22.5 Å². The lowest BCUT2D eigenvalue weighted by molar-refractivity contribution is 0.404.